The van der Waals surface area contributed by atoms with Crippen molar-refractivity contribution in [3.05, 3.63) is 53.1 Å². The Balaban J connectivity index is 1.31. The van der Waals surface area contributed by atoms with Crippen LogP contribution in [0.1, 0.15) is 49.4 Å². The first kappa shape index (κ1) is 24.4. The van der Waals surface area contributed by atoms with E-state index >= 15 is 0 Å². The molecule has 2 atom stereocenters. The monoisotopic (exact) mass is 486 g/mol. The average molecular weight is 487 g/mol. The van der Waals surface area contributed by atoms with Crippen molar-refractivity contribution in [1.82, 2.24) is 25.3 Å². The first-order valence-electron chi connectivity index (χ1n) is 12.7. The van der Waals surface area contributed by atoms with Crippen LogP contribution in [-0.4, -0.2) is 65.9 Å². The Bertz CT molecular complexity index is 1260. The number of nitriles is 1. The third-order valence-electron chi connectivity index (χ3n) is 7.19. The Kier molecular flexibility index (Phi) is 7.06. The number of fused-ring (bicyclic) bond motifs is 1. The number of ether oxygens (including phenoxy) is 1. The van der Waals surface area contributed by atoms with Crippen molar-refractivity contribution in [3.8, 4) is 34.7 Å². The fourth-order valence-corrected chi connectivity index (χ4v) is 5.25. The highest BCUT2D eigenvalue weighted by molar-refractivity contribution is 5.67. The Morgan fingerprint density at radius 3 is 2.86 bits per heavy atom. The topological polar surface area (TPSA) is 90.4 Å². The van der Waals surface area contributed by atoms with Crippen LogP contribution in [0.15, 0.2) is 40.9 Å². The Labute approximate surface area is 212 Å². The summed E-state index contributed by atoms with van der Waals surface area (Å²) in [4.78, 5) is 9.52. The van der Waals surface area contributed by atoms with Gasteiger partial charge in [0, 0.05) is 43.0 Å². The van der Waals surface area contributed by atoms with Crippen molar-refractivity contribution in [2.45, 2.75) is 51.3 Å². The van der Waals surface area contributed by atoms with Gasteiger partial charge in [0.1, 0.15) is 11.8 Å². The van der Waals surface area contributed by atoms with E-state index in [0.717, 1.165) is 38.2 Å². The summed E-state index contributed by atoms with van der Waals surface area (Å²) >= 11 is 0. The lowest BCUT2D eigenvalue weighted by Crippen LogP contribution is -2.37. The van der Waals surface area contributed by atoms with Gasteiger partial charge >= 0.3 is 0 Å². The normalized spacial score (nSPS) is 19.7. The molecule has 0 amide bonds. The van der Waals surface area contributed by atoms with Gasteiger partial charge < -0.3 is 14.2 Å². The van der Waals surface area contributed by atoms with Crippen LogP contribution in [-0.2, 0) is 6.42 Å². The van der Waals surface area contributed by atoms with Gasteiger partial charge in [0.05, 0.1) is 11.7 Å². The lowest BCUT2D eigenvalue weighted by atomic mass is 10.0. The molecule has 0 saturated carbocycles. The number of nitrogens with one attached hydrogen (secondary N) is 1. The molecule has 8 heteroatoms. The van der Waals surface area contributed by atoms with Crippen LogP contribution in [0.2, 0.25) is 0 Å². The van der Waals surface area contributed by atoms with Gasteiger partial charge in [-0.05, 0) is 76.5 Å². The molecule has 0 bridgehead atoms. The number of nitrogens with zero attached hydrogens (tertiary/aromatic N) is 5. The molecule has 1 saturated heterocycles. The van der Waals surface area contributed by atoms with E-state index < -0.39 is 0 Å². The predicted molar refractivity (Wildman–Crippen MR) is 138 cm³/mol. The number of likely N-dealkylation sites (tertiary alicyclic amines) is 1. The van der Waals surface area contributed by atoms with Gasteiger partial charge in [-0.2, -0.15) is 10.2 Å². The van der Waals surface area contributed by atoms with Gasteiger partial charge in [-0.3, -0.25) is 10.2 Å². The average Bonchev–Trinajstić information content (AvgIpc) is 3.62. The molecule has 0 unspecified atom stereocenters. The van der Waals surface area contributed by atoms with E-state index in [4.69, 9.17) is 14.2 Å². The van der Waals surface area contributed by atoms with E-state index in [1.165, 1.54) is 17.5 Å². The van der Waals surface area contributed by atoms with Crippen LogP contribution in [0.25, 0.3) is 22.8 Å². The minimum Gasteiger partial charge on any atom is -0.490 e. The van der Waals surface area contributed by atoms with Crippen molar-refractivity contribution in [1.29, 1.82) is 5.26 Å². The second-order valence-electron chi connectivity index (χ2n) is 10.2. The first-order valence-corrected chi connectivity index (χ1v) is 12.7. The van der Waals surface area contributed by atoms with Crippen LogP contribution in [0.5, 0.6) is 5.75 Å². The zero-order valence-corrected chi connectivity index (χ0v) is 21.5. The second kappa shape index (κ2) is 10.4. The highest BCUT2D eigenvalue weighted by atomic mass is 16.5. The largest absolute Gasteiger partial charge is 0.490 e. The van der Waals surface area contributed by atoms with Crippen LogP contribution in [0, 0.1) is 11.3 Å². The minimum atomic E-state index is -0.0123. The van der Waals surface area contributed by atoms with Crippen molar-refractivity contribution in [2.75, 3.05) is 33.9 Å². The number of hydrogen-bond donors (Lipinski definition) is 1. The summed E-state index contributed by atoms with van der Waals surface area (Å²) in [7, 11) is 4.33. The molecule has 1 aliphatic carbocycles. The summed E-state index contributed by atoms with van der Waals surface area (Å²) in [5.74, 6) is 1.53. The molecular weight excluding hydrogens is 452 g/mol. The molecule has 2 heterocycles. The van der Waals surface area contributed by atoms with Gasteiger partial charge in [0.15, 0.2) is 0 Å². The fraction of sp³-hybridized carbons (Fsp3) is 0.464. The standard InChI is InChI=1S/C28H34N6O2/c1-18(2)35-26-11-8-19(14-20(26)15-29)28-31-27(32-36-28)24-7-5-6-23-22(24)9-10-25(23)30-17-34-13-12-21(16-34)33(3)4/h5-8,11,14,18,21,25,30H,9-10,12-13,16-17H2,1-4H3/t21-,25+/m1/s1. The Morgan fingerprint density at radius 2 is 2.11 bits per heavy atom. The van der Waals surface area contributed by atoms with E-state index in [2.05, 4.69) is 58.6 Å². The number of hydrogen-bond acceptors (Lipinski definition) is 8. The number of rotatable bonds is 8. The Hall–Kier alpha value is -3.25. The third kappa shape index (κ3) is 5.00. The quantitative estimate of drug-likeness (QED) is 0.506. The summed E-state index contributed by atoms with van der Waals surface area (Å²) in [6.07, 6.45) is 3.25. The van der Waals surface area contributed by atoms with Crippen molar-refractivity contribution in [2.24, 2.45) is 0 Å². The van der Waals surface area contributed by atoms with Crippen LogP contribution >= 0.6 is 0 Å². The van der Waals surface area contributed by atoms with E-state index in [9.17, 15) is 5.26 Å². The van der Waals surface area contributed by atoms with Crippen LogP contribution in [0.3, 0.4) is 0 Å². The molecule has 2 aromatic carbocycles. The van der Waals surface area contributed by atoms with Gasteiger partial charge in [-0.15, -0.1) is 0 Å². The van der Waals surface area contributed by atoms with E-state index in [0.29, 0.717) is 40.7 Å². The molecule has 0 spiro atoms. The summed E-state index contributed by atoms with van der Waals surface area (Å²) in [6.45, 7) is 7.03. The van der Waals surface area contributed by atoms with Gasteiger partial charge in [0.2, 0.25) is 5.82 Å². The fourth-order valence-electron chi connectivity index (χ4n) is 5.25. The molecule has 8 nitrogen and oxygen atoms in total. The third-order valence-corrected chi connectivity index (χ3v) is 7.19. The smallest absolute Gasteiger partial charge is 0.258 e. The highest BCUT2D eigenvalue weighted by Crippen LogP contribution is 2.37. The van der Waals surface area contributed by atoms with Crippen LogP contribution in [0.4, 0.5) is 0 Å². The maximum atomic E-state index is 9.56. The molecule has 3 aromatic rings. The molecule has 1 fully saturated rings. The van der Waals surface area contributed by atoms with Crippen molar-refractivity contribution >= 4 is 0 Å². The summed E-state index contributed by atoms with van der Waals surface area (Å²) in [5, 5.41) is 17.6. The van der Waals surface area contributed by atoms with E-state index in [-0.39, 0.29) is 6.10 Å². The summed E-state index contributed by atoms with van der Waals surface area (Å²) < 4.78 is 11.3. The molecule has 1 N–H and O–H groups in total. The lowest BCUT2D eigenvalue weighted by Gasteiger charge is -2.23. The molecule has 188 valence electrons. The summed E-state index contributed by atoms with van der Waals surface area (Å²) in [6, 6.07) is 14.9. The van der Waals surface area contributed by atoms with Crippen molar-refractivity contribution in [3.63, 3.8) is 0 Å². The number of benzene rings is 2. The van der Waals surface area contributed by atoms with E-state index in [1.54, 1.807) is 12.1 Å². The number of aromatic nitrogens is 2. The molecule has 0 radical (unpaired) electrons. The lowest BCUT2D eigenvalue weighted by molar-refractivity contribution is 0.241. The van der Waals surface area contributed by atoms with Crippen molar-refractivity contribution < 1.29 is 9.26 Å². The molecule has 1 aliphatic heterocycles. The minimum absolute atomic E-state index is 0.0123. The molecule has 36 heavy (non-hydrogen) atoms. The molecular formula is C28H34N6O2. The maximum absolute atomic E-state index is 9.56. The Morgan fingerprint density at radius 1 is 1.25 bits per heavy atom. The van der Waals surface area contributed by atoms with Gasteiger partial charge in [0.25, 0.3) is 5.89 Å². The van der Waals surface area contributed by atoms with Gasteiger partial charge in [-0.1, -0.05) is 23.4 Å². The first-order chi connectivity index (χ1) is 17.4. The maximum Gasteiger partial charge on any atom is 0.258 e. The molecule has 2 aliphatic rings. The zero-order valence-electron chi connectivity index (χ0n) is 21.5. The highest BCUT2D eigenvalue weighted by Gasteiger charge is 2.28. The van der Waals surface area contributed by atoms with Crippen LogP contribution < -0.4 is 10.1 Å². The zero-order chi connectivity index (χ0) is 25.2. The SMILES string of the molecule is CC(C)Oc1ccc(-c2nc(-c3cccc4c3CC[C@@H]4NCN3CC[C@@H](N(C)C)C3)no2)cc1C#N. The predicted octanol–water partition coefficient (Wildman–Crippen LogP) is 4.23. The second-order valence-corrected chi connectivity index (χ2v) is 10.2. The molecule has 5 rings (SSSR count). The van der Waals surface area contributed by atoms with E-state index in [1.807, 2.05) is 19.9 Å². The molecule has 1 aromatic heterocycles. The summed E-state index contributed by atoms with van der Waals surface area (Å²) in [5.41, 5.74) is 4.78. The van der Waals surface area contributed by atoms with Gasteiger partial charge in [-0.25, -0.2) is 0 Å². The number of likely N-dealkylation sites (N-methyl/N-ethyl adjacent to an activating group) is 1.